The highest BCUT2D eigenvalue weighted by Crippen LogP contribution is 2.31. The molecule has 1 heteroatoms. The van der Waals surface area contributed by atoms with E-state index in [0.29, 0.717) is 5.92 Å². The standard InChI is InChI=1S/C19H21N/c1-13(2)12-20-18-8-6-5-7-16(18)17-10-9-15(14(3)4)11-19(17)20/h5-11,14H,1,12H2,2-4H3. The Kier molecular flexibility index (Phi) is 3.13. The van der Waals surface area contributed by atoms with Crippen LogP contribution in [0.3, 0.4) is 0 Å². The Balaban J connectivity index is 2.39. The Morgan fingerprint density at radius 3 is 2.45 bits per heavy atom. The van der Waals surface area contributed by atoms with Gasteiger partial charge in [0.05, 0.1) is 0 Å². The molecule has 1 heterocycles. The topological polar surface area (TPSA) is 4.93 Å². The Hall–Kier alpha value is -2.02. The smallest absolute Gasteiger partial charge is 0.0497 e. The van der Waals surface area contributed by atoms with Gasteiger partial charge in [0.2, 0.25) is 0 Å². The molecule has 3 rings (SSSR count). The van der Waals surface area contributed by atoms with Gasteiger partial charge in [-0.2, -0.15) is 0 Å². The molecule has 0 bridgehead atoms. The molecule has 2 aromatic carbocycles. The third-order valence-electron chi connectivity index (χ3n) is 3.89. The van der Waals surface area contributed by atoms with Crippen molar-refractivity contribution in [1.29, 1.82) is 0 Å². The molecule has 0 N–H and O–H groups in total. The Labute approximate surface area is 120 Å². The van der Waals surface area contributed by atoms with Gasteiger partial charge in [0.25, 0.3) is 0 Å². The van der Waals surface area contributed by atoms with Crippen LogP contribution in [0.4, 0.5) is 0 Å². The number of benzene rings is 2. The zero-order valence-corrected chi connectivity index (χ0v) is 12.5. The van der Waals surface area contributed by atoms with Crippen LogP contribution in [-0.4, -0.2) is 4.57 Å². The van der Waals surface area contributed by atoms with Crippen molar-refractivity contribution in [3.05, 3.63) is 60.2 Å². The van der Waals surface area contributed by atoms with Crippen LogP contribution < -0.4 is 0 Å². The van der Waals surface area contributed by atoms with Crippen molar-refractivity contribution in [2.24, 2.45) is 0 Å². The molecule has 0 amide bonds. The predicted octanol–water partition coefficient (Wildman–Crippen LogP) is 5.49. The van der Waals surface area contributed by atoms with E-state index < -0.39 is 0 Å². The first kappa shape index (κ1) is 13.0. The fourth-order valence-corrected chi connectivity index (χ4v) is 2.87. The van der Waals surface area contributed by atoms with Crippen molar-refractivity contribution in [1.82, 2.24) is 4.57 Å². The van der Waals surface area contributed by atoms with Crippen molar-refractivity contribution >= 4 is 21.8 Å². The first-order valence-corrected chi connectivity index (χ1v) is 7.23. The van der Waals surface area contributed by atoms with Crippen LogP contribution in [0.5, 0.6) is 0 Å². The summed E-state index contributed by atoms with van der Waals surface area (Å²) in [6, 6.07) is 15.5. The number of allylic oxidation sites excluding steroid dienone is 1. The number of hydrogen-bond acceptors (Lipinski definition) is 0. The average molecular weight is 263 g/mol. The molecule has 1 nitrogen and oxygen atoms in total. The Morgan fingerprint density at radius 1 is 1.05 bits per heavy atom. The summed E-state index contributed by atoms with van der Waals surface area (Å²) in [5.74, 6) is 0.552. The van der Waals surface area contributed by atoms with E-state index in [2.05, 4.69) is 74.4 Å². The second-order valence-corrected chi connectivity index (χ2v) is 5.99. The lowest BCUT2D eigenvalue weighted by atomic mass is 10.0. The Morgan fingerprint density at radius 2 is 1.75 bits per heavy atom. The molecule has 0 aliphatic carbocycles. The number of fused-ring (bicyclic) bond motifs is 3. The maximum atomic E-state index is 4.08. The lowest BCUT2D eigenvalue weighted by Crippen LogP contribution is -1.98. The van der Waals surface area contributed by atoms with E-state index in [9.17, 15) is 0 Å². The second kappa shape index (κ2) is 4.82. The molecule has 0 fully saturated rings. The number of aromatic nitrogens is 1. The fraction of sp³-hybridized carbons (Fsp3) is 0.263. The van der Waals surface area contributed by atoms with Gasteiger partial charge < -0.3 is 4.57 Å². The van der Waals surface area contributed by atoms with Crippen molar-refractivity contribution in [3.8, 4) is 0 Å². The summed E-state index contributed by atoms with van der Waals surface area (Å²) in [7, 11) is 0. The largest absolute Gasteiger partial charge is 0.336 e. The zero-order chi connectivity index (χ0) is 14.3. The number of para-hydroxylation sites is 1. The number of rotatable bonds is 3. The molecule has 0 atom stereocenters. The van der Waals surface area contributed by atoms with Crippen LogP contribution in [0.1, 0.15) is 32.3 Å². The average Bonchev–Trinajstić information content (AvgIpc) is 2.73. The minimum Gasteiger partial charge on any atom is -0.336 e. The van der Waals surface area contributed by atoms with Crippen LogP contribution in [0.15, 0.2) is 54.6 Å². The first-order valence-electron chi connectivity index (χ1n) is 7.23. The summed E-state index contributed by atoms with van der Waals surface area (Å²) in [5, 5.41) is 2.67. The van der Waals surface area contributed by atoms with E-state index in [1.165, 1.54) is 32.9 Å². The highest BCUT2D eigenvalue weighted by atomic mass is 15.0. The first-order chi connectivity index (χ1) is 9.58. The summed E-state index contributed by atoms with van der Waals surface area (Å²) in [6.45, 7) is 11.5. The van der Waals surface area contributed by atoms with Crippen molar-refractivity contribution in [2.75, 3.05) is 0 Å². The predicted molar refractivity (Wildman–Crippen MR) is 88.3 cm³/mol. The molecule has 0 spiro atoms. The van der Waals surface area contributed by atoms with Gasteiger partial charge in [0, 0.05) is 28.4 Å². The van der Waals surface area contributed by atoms with E-state index in [4.69, 9.17) is 0 Å². The molecule has 0 aliphatic heterocycles. The van der Waals surface area contributed by atoms with Gasteiger partial charge in [0.1, 0.15) is 0 Å². The van der Waals surface area contributed by atoms with E-state index in [1.54, 1.807) is 0 Å². The van der Waals surface area contributed by atoms with Crippen LogP contribution >= 0.6 is 0 Å². The molecule has 0 unspecified atom stereocenters. The van der Waals surface area contributed by atoms with Crippen LogP contribution in [0.2, 0.25) is 0 Å². The van der Waals surface area contributed by atoms with Gasteiger partial charge in [-0.1, -0.05) is 56.3 Å². The van der Waals surface area contributed by atoms with Gasteiger partial charge in [-0.15, -0.1) is 0 Å². The Bertz CT molecular complexity index is 790. The minimum absolute atomic E-state index is 0.552. The quantitative estimate of drug-likeness (QED) is 0.550. The monoisotopic (exact) mass is 263 g/mol. The molecule has 0 saturated carbocycles. The highest BCUT2D eigenvalue weighted by Gasteiger charge is 2.11. The summed E-state index contributed by atoms with van der Waals surface area (Å²) in [4.78, 5) is 0. The summed E-state index contributed by atoms with van der Waals surface area (Å²) >= 11 is 0. The third-order valence-corrected chi connectivity index (χ3v) is 3.89. The van der Waals surface area contributed by atoms with E-state index in [1.807, 2.05) is 0 Å². The third kappa shape index (κ3) is 2.03. The SMILES string of the molecule is C=C(C)Cn1c2ccccc2c2ccc(C(C)C)cc21. The van der Waals surface area contributed by atoms with Crippen molar-refractivity contribution in [3.63, 3.8) is 0 Å². The summed E-state index contributed by atoms with van der Waals surface area (Å²) in [6.07, 6.45) is 0. The van der Waals surface area contributed by atoms with Gasteiger partial charge in [0.15, 0.2) is 0 Å². The zero-order valence-electron chi connectivity index (χ0n) is 12.5. The van der Waals surface area contributed by atoms with E-state index >= 15 is 0 Å². The number of hydrogen-bond donors (Lipinski definition) is 0. The van der Waals surface area contributed by atoms with Crippen LogP contribution in [0, 0.1) is 0 Å². The maximum absolute atomic E-state index is 4.08. The van der Waals surface area contributed by atoms with Gasteiger partial charge in [-0.3, -0.25) is 0 Å². The molecule has 0 aliphatic rings. The minimum atomic E-state index is 0.552. The second-order valence-electron chi connectivity index (χ2n) is 5.99. The molecule has 1 aromatic heterocycles. The highest BCUT2D eigenvalue weighted by molar-refractivity contribution is 6.08. The maximum Gasteiger partial charge on any atom is 0.0497 e. The summed E-state index contributed by atoms with van der Waals surface area (Å²) in [5.41, 5.74) is 5.19. The molecule has 0 radical (unpaired) electrons. The number of nitrogens with zero attached hydrogens (tertiary/aromatic N) is 1. The lowest BCUT2D eigenvalue weighted by molar-refractivity contribution is 0.842. The van der Waals surface area contributed by atoms with Crippen molar-refractivity contribution < 1.29 is 0 Å². The molecular formula is C19H21N. The van der Waals surface area contributed by atoms with Gasteiger partial charge >= 0.3 is 0 Å². The fourth-order valence-electron chi connectivity index (χ4n) is 2.87. The van der Waals surface area contributed by atoms with Crippen molar-refractivity contribution in [2.45, 2.75) is 33.2 Å². The van der Waals surface area contributed by atoms with Gasteiger partial charge in [-0.25, -0.2) is 0 Å². The molecule has 20 heavy (non-hydrogen) atoms. The van der Waals surface area contributed by atoms with Crippen LogP contribution in [-0.2, 0) is 6.54 Å². The normalized spacial score (nSPS) is 11.6. The molecule has 0 saturated heterocycles. The van der Waals surface area contributed by atoms with E-state index in [-0.39, 0.29) is 0 Å². The molecule has 3 aromatic rings. The summed E-state index contributed by atoms with van der Waals surface area (Å²) < 4.78 is 2.39. The lowest BCUT2D eigenvalue weighted by Gasteiger charge is -2.09. The molecule has 102 valence electrons. The van der Waals surface area contributed by atoms with Crippen LogP contribution in [0.25, 0.3) is 21.8 Å². The van der Waals surface area contributed by atoms with Gasteiger partial charge in [-0.05, 0) is 30.5 Å². The molecular weight excluding hydrogens is 242 g/mol. The van der Waals surface area contributed by atoms with E-state index in [0.717, 1.165) is 6.54 Å².